The zero-order chi connectivity index (χ0) is 16.4. The van der Waals surface area contributed by atoms with Gasteiger partial charge in [-0.05, 0) is 38.5 Å². The van der Waals surface area contributed by atoms with E-state index in [1.165, 1.54) is 116 Å². The van der Waals surface area contributed by atoms with Gasteiger partial charge in [0.1, 0.15) is 0 Å². The molecule has 2 saturated carbocycles. The summed E-state index contributed by atoms with van der Waals surface area (Å²) < 4.78 is 0. The maximum Gasteiger partial charge on any atom is 0.0186 e. The fraction of sp³-hybridized carbons (Fsp3) is 1.00. The predicted molar refractivity (Wildman–Crippen MR) is 103 cm³/mol. The molecule has 0 aromatic carbocycles. The number of rotatable bonds is 8. The summed E-state index contributed by atoms with van der Waals surface area (Å²) in [6, 6.07) is 0. The van der Waals surface area contributed by atoms with E-state index in [4.69, 9.17) is 0 Å². The Balaban J connectivity index is 2.13. The third-order valence-corrected chi connectivity index (χ3v) is 6.67. The molecule has 0 aromatic rings. The van der Waals surface area contributed by atoms with Gasteiger partial charge in [-0.1, -0.05) is 90.9 Å². The van der Waals surface area contributed by atoms with Crippen molar-refractivity contribution in [3.8, 4) is 0 Å². The monoisotopic (exact) mass is 321 g/mol. The highest BCUT2D eigenvalue weighted by Gasteiger charge is 2.39. The van der Waals surface area contributed by atoms with E-state index in [1.54, 1.807) is 0 Å². The van der Waals surface area contributed by atoms with Crippen LogP contribution in [0.3, 0.4) is 0 Å². The van der Waals surface area contributed by atoms with Crippen LogP contribution in [-0.4, -0.2) is 11.1 Å². The molecule has 23 heavy (non-hydrogen) atoms. The average Bonchev–Trinajstić information content (AvgIpc) is 2.93. The first-order chi connectivity index (χ1) is 11.2. The molecule has 0 aromatic heterocycles. The third kappa shape index (κ3) is 6.07. The van der Waals surface area contributed by atoms with Crippen LogP contribution in [0.25, 0.3) is 0 Å². The minimum Gasteiger partial charge on any atom is -0.306 e. The van der Waals surface area contributed by atoms with Crippen molar-refractivity contribution in [2.75, 3.05) is 0 Å². The van der Waals surface area contributed by atoms with Crippen LogP contribution in [0.2, 0.25) is 0 Å². The number of hydrogen-bond acceptors (Lipinski definition) is 1. The molecule has 2 rings (SSSR count). The molecule has 1 N–H and O–H groups in total. The average molecular weight is 322 g/mol. The molecule has 0 amide bonds. The molecular formula is C22H43N. The molecule has 0 spiro atoms. The van der Waals surface area contributed by atoms with Crippen molar-refractivity contribution in [2.24, 2.45) is 0 Å². The van der Waals surface area contributed by atoms with E-state index in [-0.39, 0.29) is 0 Å². The van der Waals surface area contributed by atoms with Gasteiger partial charge >= 0.3 is 0 Å². The maximum absolute atomic E-state index is 4.43. The summed E-state index contributed by atoms with van der Waals surface area (Å²) in [5.41, 5.74) is 0.954. The molecule has 2 aliphatic carbocycles. The lowest BCUT2D eigenvalue weighted by Gasteiger charge is -2.46. The second-order valence-electron chi connectivity index (χ2n) is 8.72. The summed E-state index contributed by atoms with van der Waals surface area (Å²) in [6.45, 7) is 4.73. The number of unbranched alkanes of at least 4 members (excludes halogenated alkanes) is 2. The van der Waals surface area contributed by atoms with Crippen LogP contribution in [0.15, 0.2) is 0 Å². The molecule has 2 aliphatic rings. The molecule has 1 heteroatoms. The lowest BCUT2D eigenvalue weighted by atomic mass is 9.77. The second kappa shape index (κ2) is 10.1. The van der Waals surface area contributed by atoms with Crippen LogP contribution < -0.4 is 5.32 Å². The molecule has 0 heterocycles. The van der Waals surface area contributed by atoms with Crippen LogP contribution >= 0.6 is 0 Å². The molecule has 2 fully saturated rings. The topological polar surface area (TPSA) is 12.0 Å². The Labute approximate surface area is 146 Å². The minimum absolute atomic E-state index is 0.477. The molecule has 0 radical (unpaired) electrons. The largest absolute Gasteiger partial charge is 0.306 e. The van der Waals surface area contributed by atoms with Gasteiger partial charge in [-0.15, -0.1) is 0 Å². The van der Waals surface area contributed by atoms with E-state index in [9.17, 15) is 0 Å². The molecule has 0 saturated heterocycles. The highest BCUT2D eigenvalue weighted by atomic mass is 15.1. The van der Waals surface area contributed by atoms with Gasteiger partial charge in [0.2, 0.25) is 0 Å². The van der Waals surface area contributed by atoms with Crippen molar-refractivity contribution in [3.05, 3.63) is 0 Å². The molecule has 0 aliphatic heterocycles. The van der Waals surface area contributed by atoms with Crippen molar-refractivity contribution < 1.29 is 0 Å². The van der Waals surface area contributed by atoms with Gasteiger partial charge in [0.15, 0.2) is 0 Å². The Kier molecular flexibility index (Phi) is 8.44. The zero-order valence-corrected chi connectivity index (χ0v) is 16.2. The van der Waals surface area contributed by atoms with Crippen molar-refractivity contribution in [1.82, 2.24) is 5.32 Å². The lowest BCUT2D eigenvalue weighted by Crippen LogP contribution is -2.58. The Hall–Kier alpha value is -0.0400. The van der Waals surface area contributed by atoms with Gasteiger partial charge in [-0.3, -0.25) is 0 Å². The first-order valence-electron chi connectivity index (χ1n) is 11.0. The van der Waals surface area contributed by atoms with E-state index < -0.39 is 0 Å². The first-order valence-corrected chi connectivity index (χ1v) is 11.0. The van der Waals surface area contributed by atoms with Crippen LogP contribution in [0.4, 0.5) is 0 Å². The van der Waals surface area contributed by atoms with Gasteiger partial charge in [-0.2, -0.15) is 0 Å². The first kappa shape index (κ1) is 19.3. The predicted octanol–water partition coefficient (Wildman–Crippen LogP) is 7.14. The van der Waals surface area contributed by atoms with Crippen molar-refractivity contribution in [2.45, 2.75) is 141 Å². The van der Waals surface area contributed by atoms with Crippen molar-refractivity contribution >= 4 is 0 Å². The highest BCUT2D eigenvalue weighted by Crippen LogP contribution is 2.39. The van der Waals surface area contributed by atoms with Crippen molar-refractivity contribution in [3.63, 3.8) is 0 Å². The number of nitrogens with one attached hydrogen (secondary N) is 1. The summed E-state index contributed by atoms with van der Waals surface area (Å²) in [6.07, 6.45) is 25.9. The standard InChI is InChI=1S/C22H43N/c1-3-5-15-21(17-11-7-8-12-18-21)23-22(16-6-4-2)19-13-9-10-14-20-22/h23H,3-20H2,1-2H3. The smallest absolute Gasteiger partial charge is 0.0186 e. The fourth-order valence-electron chi connectivity index (χ4n) is 5.28. The van der Waals surface area contributed by atoms with Crippen molar-refractivity contribution in [1.29, 1.82) is 0 Å². The lowest BCUT2D eigenvalue weighted by molar-refractivity contribution is 0.139. The SMILES string of the molecule is CCCCC1(NC2(CCCC)CCCCCC2)CCCCCC1. The van der Waals surface area contributed by atoms with E-state index in [0.29, 0.717) is 11.1 Å². The summed E-state index contributed by atoms with van der Waals surface area (Å²) >= 11 is 0. The molecular weight excluding hydrogens is 278 g/mol. The van der Waals surface area contributed by atoms with Gasteiger partial charge in [0.25, 0.3) is 0 Å². The van der Waals surface area contributed by atoms with Crippen LogP contribution in [-0.2, 0) is 0 Å². The van der Waals surface area contributed by atoms with Crippen LogP contribution in [0.1, 0.15) is 129 Å². The number of hydrogen-bond donors (Lipinski definition) is 1. The summed E-state index contributed by atoms with van der Waals surface area (Å²) in [5, 5.41) is 4.43. The van der Waals surface area contributed by atoms with E-state index in [2.05, 4.69) is 19.2 Å². The Bertz CT molecular complexity index is 263. The van der Waals surface area contributed by atoms with E-state index >= 15 is 0 Å². The van der Waals surface area contributed by atoms with Crippen LogP contribution in [0.5, 0.6) is 0 Å². The Morgan fingerprint density at radius 2 is 0.913 bits per heavy atom. The van der Waals surface area contributed by atoms with Crippen LogP contribution in [0, 0.1) is 0 Å². The quantitative estimate of drug-likeness (QED) is 0.468. The van der Waals surface area contributed by atoms with E-state index in [1.807, 2.05) is 0 Å². The Morgan fingerprint density at radius 1 is 0.565 bits per heavy atom. The maximum atomic E-state index is 4.43. The second-order valence-corrected chi connectivity index (χ2v) is 8.72. The minimum atomic E-state index is 0.477. The van der Waals surface area contributed by atoms with Gasteiger partial charge in [0.05, 0.1) is 0 Å². The van der Waals surface area contributed by atoms with E-state index in [0.717, 1.165) is 0 Å². The molecule has 0 atom stereocenters. The zero-order valence-electron chi connectivity index (χ0n) is 16.2. The summed E-state index contributed by atoms with van der Waals surface area (Å²) in [5.74, 6) is 0. The highest BCUT2D eigenvalue weighted by molar-refractivity contribution is 5.00. The molecule has 0 unspecified atom stereocenters. The van der Waals surface area contributed by atoms with Gasteiger partial charge in [-0.25, -0.2) is 0 Å². The molecule has 136 valence electrons. The normalized spacial score (nSPS) is 24.8. The summed E-state index contributed by atoms with van der Waals surface area (Å²) in [4.78, 5) is 0. The molecule has 0 bridgehead atoms. The van der Waals surface area contributed by atoms with Gasteiger partial charge < -0.3 is 5.32 Å². The Morgan fingerprint density at radius 3 is 1.22 bits per heavy atom. The fourth-order valence-corrected chi connectivity index (χ4v) is 5.28. The molecule has 1 nitrogen and oxygen atoms in total. The third-order valence-electron chi connectivity index (χ3n) is 6.67. The summed E-state index contributed by atoms with van der Waals surface area (Å²) in [7, 11) is 0. The van der Waals surface area contributed by atoms with Gasteiger partial charge in [0, 0.05) is 11.1 Å².